The lowest BCUT2D eigenvalue weighted by molar-refractivity contribution is -0.118. The van der Waals surface area contributed by atoms with E-state index in [4.69, 9.17) is 5.73 Å². The molecule has 19 heavy (non-hydrogen) atoms. The fourth-order valence-corrected chi connectivity index (χ4v) is 2.78. The van der Waals surface area contributed by atoms with Crippen molar-refractivity contribution >= 4 is 5.78 Å². The van der Waals surface area contributed by atoms with Crippen molar-refractivity contribution in [3.8, 4) is 0 Å². The number of aromatic nitrogens is 2. The number of hydrogen-bond donors (Lipinski definition) is 1. The molecule has 1 aromatic heterocycles. The summed E-state index contributed by atoms with van der Waals surface area (Å²) >= 11 is 0. The molecule has 4 heteroatoms. The van der Waals surface area contributed by atoms with Gasteiger partial charge in [-0.05, 0) is 38.3 Å². The Kier molecular flexibility index (Phi) is 5.58. The summed E-state index contributed by atoms with van der Waals surface area (Å²) in [4.78, 5) is 11.8. The third-order valence-electron chi connectivity index (χ3n) is 3.90. The normalized spacial score (nSPS) is 16.1. The molecule has 0 amide bonds. The number of nitrogens with zero attached hydrogens (tertiary/aromatic N) is 2. The zero-order valence-electron chi connectivity index (χ0n) is 11.7. The molecule has 0 spiro atoms. The zero-order valence-corrected chi connectivity index (χ0v) is 11.7. The minimum Gasteiger partial charge on any atom is -0.330 e. The van der Waals surface area contributed by atoms with Crippen molar-refractivity contribution in [2.45, 2.75) is 63.8 Å². The van der Waals surface area contributed by atoms with Gasteiger partial charge in [0.15, 0.2) is 0 Å². The average molecular weight is 263 g/mol. The van der Waals surface area contributed by atoms with Gasteiger partial charge in [-0.1, -0.05) is 19.3 Å². The third-order valence-corrected chi connectivity index (χ3v) is 3.90. The standard InChI is InChI=1S/C15H25N3O/c16-10-5-1-2-8-15(19)12-13-9-11-18(17-13)14-6-3-4-7-14/h9,11,14H,1-8,10,12,16H2. The van der Waals surface area contributed by atoms with E-state index in [-0.39, 0.29) is 0 Å². The molecule has 0 aliphatic heterocycles. The molecule has 0 bridgehead atoms. The second kappa shape index (κ2) is 7.43. The summed E-state index contributed by atoms with van der Waals surface area (Å²) in [6.45, 7) is 0.722. The van der Waals surface area contributed by atoms with Crippen LogP contribution in [0.2, 0.25) is 0 Å². The summed E-state index contributed by atoms with van der Waals surface area (Å²) in [5, 5.41) is 4.55. The third kappa shape index (κ3) is 4.46. The Morgan fingerprint density at radius 2 is 2.11 bits per heavy atom. The van der Waals surface area contributed by atoms with E-state index >= 15 is 0 Å². The molecule has 1 heterocycles. The highest BCUT2D eigenvalue weighted by Gasteiger charge is 2.17. The molecular weight excluding hydrogens is 238 g/mol. The molecule has 0 saturated heterocycles. The van der Waals surface area contributed by atoms with Gasteiger partial charge in [0.2, 0.25) is 0 Å². The topological polar surface area (TPSA) is 60.9 Å². The molecule has 106 valence electrons. The van der Waals surface area contributed by atoms with Crippen LogP contribution in [0.15, 0.2) is 12.3 Å². The summed E-state index contributed by atoms with van der Waals surface area (Å²) in [6, 6.07) is 2.56. The largest absolute Gasteiger partial charge is 0.330 e. The van der Waals surface area contributed by atoms with Crippen molar-refractivity contribution in [1.29, 1.82) is 0 Å². The Hall–Kier alpha value is -1.16. The van der Waals surface area contributed by atoms with Crippen molar-refractivity contribution in [3.63, 3.8) is 0 Å². The van der Waals surface area contributed by atoms with Crippen LogP contribution in [-0.2, 0) is 11.2 Å². The number of ketones is 1. The second-order valence-corrected chi connectivity index (χ2v) is 5.54. The van der Waals surface area contributed by atoms with Crippen LogP contribution in [0.5, 0.6) is 0 Å². The fourth-order valence-electron chi connectivity index (χ4n) is 2.78. The molecule has 4 nitrogen and oxygen atoms in total. The van der Waals surface area contributed by atoms with Crippen LogP contribution in [-0.4, -0.2) is 22.1 Å². The number of unbranched alkanes of at least 4 members (excludes halogenated alkanes) is 2. The molecule has 0 atom stereocenters. The molecule has 1 fully saturated rings. The Morgan fingerprint density at radius 1 is 1.32 bits per heavy atom. The Bertz CT molecular complexity index is 394. The zero-order chi connectivity index (χ0) is 13.5. The van der Waals surface area contributed by atoms with Gasteiger partial charge >= 0.3 is 0 Å². The number of rotatable bonds is 8. The van der Waals surface area contributed by atoms with Crippen molar-refractivity contribution in [3.05, 3.63) is 18.0 Å². The number of carbonyl (C=O) groups excluding carboxylic acids is 1. The highest BCUT2D eigenvalue weighted by Crippen LogP contribution is 2.28. The summed E-state index contributed by atoms with van der Waals surface area (Å²) in [5.41, 5.74) is 6.36. The molecule has 0 unspecified atom stereocenters. The minimum atomic E-state index is 0.300. The molecule has 2 rings (SSSR count). The first-order valence-corrected chi connectivity index (χ1v) is 7.55. The van der Waals surface area contributed by atoms with E-state index in [1.54, 1.807) is 0 Å². The lowest BCUT2D eigenvalue weighted by atomic mass is 10.1. The van der Waals surface area contributed by atoms with Gasteiger partial charge in [-0.15, -0.1) is 0 Å². The van der Waals surface area contributed by atoms with E-state index in [0.717, 1.165) is 31.5 Å². The summed E-state index contributed by atoms with van der Waals surface area (Å²) in [7, 11) is 0. The Morgan fingerprint density at radius 3 is 2.84 bits per heavy atom. The second-order valence-electron chi connectivity index (χ2n) is 5.54. The van der Waals surface area contributed by atoms with Crippen LogP contribution < -0.4 is 5.73 Å². The molecule has 2 N–H and O–H groups in total. The van der Waals surface area contributed by atoms with E-state index in [1.165, 1.54) is 25.7 Å². The highest BCUT2D eigenvalue weighted by molar-refractivity contribution is 5.80. The van der Waals surface area contributed by atoms with E-state index in [9.17, 15) is 4.79 Å². The Balaban J connectivity index is 1.74. The predicted molar refractivity (Wildman–Crippen MR) is 76.0 cm³/mol. The minimum absolute atomic E-state index is 0.300. The van der Waals surface area contributed by atoms with E-state index in [0.29, 0.717) is 24.7 Å². The average Bonchev–Trinajstić information content (AvgIpc) is 3.04. The van der Waals surface area contributed by atoms with Crippen molar-refractivity contribution in [2.24, 2.45) is 5.73 Å². The van der Waals surface area contributed by atoms with E-state index in [2.05, 4.69) is 9.78 Å². The van der Waals surface area contributed by atoms with Crippen molar-refractivity contribution in [1.82, 2.24) is 9.78 Å². The summed E-state index contributed by atoms with van der Waals surface area (Å²) in [6.07, 6.45) is 11.3. The van der Waals surface area contributed by atoms with Crippen LogP contribution in [0.25, 0.3) is 0 Å². The highest BCUT2D eigenvalue weighted by atomic mass is 16.1. The van der Waals surface area contributed by atoms with Crippen molar-refractivity contribution < 1.29 is 4.79 Å². The molecule has 1 aromatic rings. The lowest BCUT2D eigenvalue weighted by Gasteiger charge is -2.08. The Labute approximate surface area is 115 Å². The number of nitrogens with two attached hydrogens (primary N) is 1. The molecule has 1 aliphatic carbocycles. The molecule has 1 saturated carbocycles. The van der Waals surface area contributed by atoms with E-state index in [1.807, 2.05) is 12.3 Å². The first-order chi connectivity index (χ1) is 9.29. The first kappa shape index (κ1) is 14.3. The molecule has 1 aliphatic rings. The molecule has 0 radical (unpaired) electrons. The van der Waals surface area contributed by atoms with Crippen LogP contribution >= 0.6 is 0 Å². The van der Waals surface area contributed by atoms with Crippen molar-refractivity contribution in [2.75, 3.05) is 6.54 Å². The van der Waals surface area contributed by atoms with Gasteiger partial charge in [0.1, 0.15) is 5.78 Å². The SMILES string of the molecule is NCCCCCC(=O)Cc1ccn(C2CCCC2)n1. The van der Waals surface area contributed by atoms with Crippen LogP contribution in [0.1, 0.15) is 63.1 Å². The number of carbonyl (C=O) groups is 1. The van der Waals surface area contributed by atoms with Gasteiger partial charge < -0.3 is 5.73 Å². The maximum Gasteiger partial charge on any atom is 0.138 e. The molecule has 0 aromatic carbocycles. The summed E-state index contributed by atoms with van der Waals surface area (Å²) in [5.74, 6) is 0.300. The van der Waals surface area contributed by atoms with Gasteiger partial charge in [-0.25, -0.2) is 0 Å². The van der Waals surface area contributed by atoms with Crippen LogP contribution in [0.3, 0.4) is 0 Å². The molecular formula is C15H25N3O. The van der Waals surface area contributed by atoms with Gasteiger partial charge in [0.25, 0.3) is 0 Å². The van der Waals surface area contributed by atoms with Gasteiger partial charge in [-0.2, -0.15) is 5.10 Å². The quantitative estimate of drug-likeness (QED) is 0.733. The monoisotopic (exact) mass is 263 g/mol. The number of Topliss-reactive ketones (excluding diaryl/α,β-unsaturated/α-hetero) is 1. The van der Waals surface area contributed by atoms with Gasteiger partial charge in [0, 0.05) is 12.6 Å². The number of hydrogen-bond acceptors (Lipinski definition) is 3. The van der Waals surface area contributed by atoms with Gasteiger partial charge in [-0.3, -0.25) is 9.48 Å². The smallest absolute Gasteiger partial charge is 0.138 e. The van der Waals surface area contributed by atoms with Crippen LogP contribution in [0, 0.1) is 0 Å². The first-order valence-electron chi connectivity index (χ1n) is 7.55. The van der Waals surface area contributed by atoms with Gasteiger partial charge in [0.05, 0.1) is 18.2 Å². The van der Waals surface area contributed by atoms with Crippen LogP contribution in [0.4, 0.5) is 0 Å². The lowest BCUT2D eigenvalue weighted by Crippen LogP contribution is -2.08. The fraction of sp³-hybridized carbons (Fsp3) is 0.733. The van der Waals surface area contributed by atoms with E-state index < -0.39 is 0 Å². The summed E-state index contributed by atoms with van der Waals surface area (Å²) < 4.78 is 2.06. The maximum atomic E-state index is 11.8. The maximum absolute atomic E-state index is 11.8. The predicted octanol–water partition coefficient (Wildman–Crippen LogP) is 2.63.